The van der Waals surface area contributed by atoms with Crippen molar-refractivity contribution in [2.75, 3.05) is 0 Å². The first-order valence-electron chi connectivity index (χ1n) is 7.82. The maximum Gasteiger partial charge on any atom is 0.244 e. The summed E-state index contributed by atoms with van der Waals surface area (Å²) in [7, 11) is 0. The Morgan fingerprint density at radius 2 is 1.64 bits per heavy atom. The topological polar surface area (TPSA) is 89.3 Å². The van der Waals surface area contributed by atoms with Crippen LogP contribution in [0.25, 0.3) is 0 Å². The molecule has 0 saturated heterocycles. The third-order valence-electron chi connectivity index (χ3n) is 3.82. The van der Waals surface area contributed by atoms with Gasteiger partial charge in [-0.25, -0.2) is 4.39 Å². The Hall–Kier alpha value is -3.02. The Balaban J connectivity index is 2.05. The van der Waals surface area contributed by atoms with E-state index >= 15 is 0 Å². The summed E-state index contributed by atoms with van der Waals surface area (Å²) in [6.45, 7) is 1.54. The van der Waals surface area contributed by atoms with E-state index in [1.54, 1.807) is 36.4 Å². The molecular weight excluding hydrogens is 323 g/mol. The van der Waals surface area contributed by atoms with E-state index in [1.165, 1.54) is 25.1 Å². The van der Waals surface area contributed by atoms with Crippen molar-refractivity contribution in [1.29, 1.82) is 0 Å². The fourth-order valence-electron chi connectivity index (χ4n) is 2.42. The van der Waals surface area contributed by atoms with Gasteiger partial charge in [-0.1, -0.05) is 49.4 Å². The number of ketones is 1. The Kier molecular flexibility index (Phi) is 6.00. The summed E-state index contributed by atoms with van der Waals surface area (Å²) >= 11 is 0. The smallest absolute Gasteiger partial charge is 0.244 e. The normalized spacial score (nSPS) is 12.9. The van der Waals surface area contributed by atoms with Gasteiger partial charge in [0.2, 0.25) is 11.8 Å². The quantitative estimate of drug-likeness (QED) is 0.757. The van der Waals surface area contributed by atoms with Crippen molar-refractivity contribution >= 4 is 17.6 Å². The largest absolute Gasteiger partial charge is 0.368 e. The molecule has 0 aromatic heterocycles. The molecule has 0 spiro atoms. The SMILES string of the molecule is C[C@@H](CC(=O)c1ccccc1F)C(=O)N[C@H](C(N)=O)c1ccccc1. The lowest BCUT2D eigenvalue weighted by atomic mass is 9.97. The van der Waals surface area contributed by atoms with Crippen molar-refractivity contribution in [2.24, 2.45) is 11.7 Å². The zero-order valence-electron chi connectivity index (χ0n) is 13.7. The minimum Gasteiger partial charge on any atom is -0.368 e. The number of amides is 2. The van der Waals surface area contributed by atoms with Gasteiger partial charge >= 0.3 is 0 Å². The van der Waals surface area contributed by atoms with Gasteiger partial charge in [-0.2, -0.15) is 0 Å². The monoisotopic (exact) mass is 342 g/mol. The number of primary amides is 1. The summed E-state index contributed by atoms with van der Waals surface area (Å²) in [5.74, 6) is -3.04. The van der Waals surface area contributed by atoms with Crippen LogP contribution in [0.3, 0.4) is 0 Å². The number of nitrogens with one attached hydrogen (secondary N) is 1. The highest BCUT2D eigenvalue weighted by Crippen LogP contribution is 2.16. The standard InChI is InChI=1S/C19H19FN2O3/c1-12(11-16(23)14-9-5-6-10-15(14)20)19(25)22-17(18(21)24)13-7-3-2-4-8-13/h2-10,12,17H,11H2,1H3,(H2,21,24)(H,22,25)/t12-,17-/m0/s1. The summed E-state index contributed by atoms with van der Waals surface area (Å²) in [6.07, 6.45) is -0.174. The van der Waals surface area contributed by atoms with Gasteiger partial charge in [0.25, 0.3) is 0 Å². The van der Waals surface area contributed by atoms with Crippen molar-refractivity contribution in [3.05, 3.63) is 71.5 Å². The second kappa shape index (κ2) is 8.19. The van der Waals surface area contributed by atoms with Gasteiger partial charge in [0.05, 0.1) is 5.56 Å². The Labute approximate surface area is 145 Å². The molecule has 0 fully saturated rings. The van der Waals surface area contributed by atoms with Gasteiger partial charge < -0.3 is 11.1 Å². The van der Waals surface area contributed by atoms with Crippen LogP contribution >= 0.6 is 0 Å². The lowest BCUT2D eigenvalue weighted by Crippen LogP contribution is -2.40. The summed E-state index contributed by atoms with van der Waals surface area (Å²) in [4.78, 5) is 36.1. The van der Waals surface area contributed by atoms with Crippen LogP contribution in [0, 0.1) is 11.7 Å². The summed E-state index contributed by atoms with van der Waals surface area (Å²) in [5.41, 5.74) is 5.85. The highest BCUT2D eigenvalue weighted by atomic mass is 19.1. The van der Waals surface area contributed by atoms with Crippen LogP contribution in [0.5, 0.6) is 0 Å². The van der Waals surface area contributed by atoms with E-state index in [2.05, 4.69) is 5.32 Å². The molecule has 0 aliphatic heterocycles. The molecule has 2 rings (SSSR count). The number of hydrogen-bond donors (Lipinski definition) is 2. The molecule has 0 unspecified atom stereocenters. The fourth-order valence-corrected chi connectivity index (χ4v) is 2.42. The first-order chi connectivity index (χ1) is 11.9. The number of rotatable bonds is 7. The maximum atomic E-state index is 13.6. The molecule has 0 bridgehead atoms. The molecule has 0 saturated carbocycles. The van der Waals surface area contributed by atoms with Crippen LogP contribution in [0.1, 0.15) is 35.3 Å². The molecule has 2 amide bonds. The van der Waals surface area contributed by atoms with E-state index in [1.807, 2.05) is 0 Å². The van der Waals surface area contributed by atoms with Gasteiger partial charge in [0, 0.05) is 12.3 Å². The number of Topliss-reactive ketones (excluding diaryl/α,β-unsaturated/α-hetero) is 1. The lowest BCUT2D eigenvalue weighted by molar-refractivity contribution is -0.129. The molecule has 0 heterocycles. The van der Waals surface area contributed by atoms with Crippen molar-refractivity contribution < 1.29 is 18.8 Å². The Morgan fingerprint density at radius 1 is 1.04 bits per heavy atom. The van der Waals surface area contributed by atoms with Crippen LogP contribution in [-0.2, 0) is 9.59 Å². The molecule has 2 aromatic rings. The van der Waals surface area contributed by atoms with E-state index in [9.17, 15) is 18.8 Å². The first kappa shape index (κ1) is 18.3. The Morgan fingerprint density at radius 3 is 2.24 bits per heavy atom. The number of carbonyl (C=O) groups is 3. The highest BCUT2D eigenvalue weighted by molar-refractivity contribution is 5.99. The van der Waals surface area contributed by atoms with Gasteiger partial charge in [0.1, 0.15) is 11.9 Å². The summed E-state index contributed by atoms with van der Waals surface area (Å²) in [6, 6.07) is 13.2. The fraction of sp³-hybridized carbons (Fsp3) is 0.211. The summed E-state index contributed by atoms with van der Waals surface area (Å²) in [5, 5.41) is 2.54. The molecule has 0 radical (unpaired) electrons. The molecule has 130 valence electrons. The van der Waals surface area contributed by atoms with Crippen molar-refractivity contribution in [3.8, 4) is 0 Å². The van der Waals surface area contributed by atoms with E-state index in [0.717, 1.165) is 0 Å². The van der Waals surface area contributed by atoms with E-state index < -0.39 is 35.4 Å². The van der Waals surface area contributed by atoms with Crippen LogP contribution in [0.4, 0.5) is 4.39 Å². The zero-order chi connectivity index (χ0) is 18.4. The number of hydrogen-bond acceptors (Lipinski definition) is 3. The second-order valence-electron chi connectivity index (χ2n) is 5.76. The van der Waals surface area contributed by atoms with E-state index in [-0.39, 0.29) is 12.0 Å². The van der Waals surface area contributed by atoms with Crippen LogP contribution < -0.4 is 11.1 Å². The molecule has 2 aromatic carbocycles. The highest BCUT2D eigenvalue weighted by Gasteiger charge is 2.25. The third-order valence-corrected chi connectivity index (χ3v) is 3.82. The molecule has 2 atom stereocenters. The first-order valence-corrected chi connectivity index (χ1v) is 7.82. The number of benzene rings is 2. The Bertz CT molecular complexity index is 777. The van der Waals surface area contributed by atoms with E-state index in [4.69, 9.17) is 5.73 Å². The minimum absolute atomic E-state index is 0.0586. The van der Waals surface area contributed by atoms with Gasteiger partial charge in [0.15, 0.2) is 5.78 Å². The molecular formula is C19H19FN2O3. The van der Waals surface area contributed by atoms with Gasteiger partial charge in [-0.05, 0) is 17.7 Å². The molecule has 5 nitrogen and oxygen atoms in total. The molecule has 6 heteroatoms. The molecule has 25 heavy (non-hydrogen) atoms. The molecule has 0 aliphatic rings. The predicted octanol–water partition coefficient (Wildman–Crippen LogP) is 2.38. The van der Waals surface area contributed by atoms with Crippen LogP contribution in [0.2, 0.25) is 0 Å². The minimum atomic E-state index is -0.986. The van der Waals surface area contributed by atoms with Crippen molar-refractivity contribution in [1.82, 2.24) is 5.32 Å². The average Bonchev–Trinajstić information content (AvgIpc) is 2.60. The lowest BCUT2D eigenvalue weighted by Gasteiger charge is -2.18. The van der Waals surface area contributed by atoms with Crippen molar-refractivity contribution in [3.63, 3.8) is 0 Å². The third kappa shape index (κ3) is 4.73. The summed E-state index contributed by atoms with van der Waals surface area (Å²) < 4.78 is 13.6. The second-order valence-corrected chi connectivity index (χ2v) is 5.76. The average molecular weight is 342 g/mol. The van der Waals surface area contributed by atoms with Gasteiger partial charge in [-0.3, -0.25) is 14.4 Å². The number of carbonyl (C=O) groups excluding carboxylic acids is 3. The van der Waals surface area contributed by atoms with E-state index in [0.29, 0.717) is 5.56 Å². The van der Waals surface area contributed by atoms with Crippen molar-refractivity contribution in [2.45, 2.75) is 19.4 Å². The predicted molar refractivity (Wildman–Crippen MR) is 91.0 cm³/mol. The molecule has 0 aliphatic carbocycles. The number of halogens is 1. The van der Waals surface area contributed by atoms with Crippen LogP contribution in [0.15, 0.2) is 54.6 Å². The maximum absolute atomic E-state index is 13.6. The van der Waals surface area contributed by atoms with Crippen LogP contribution in [-0.4, -0.2) is 17.6 Å². The zero-order valence-corrected chi connectivity index (χ0v) is 13.7. The molecule has 3 N–H and O–H groups in total. The van der Waals surface area contributed by atoms with Gasteiger partial charge in [-0.15, -0.1) is 0 Å². The number of nitrogens with two attached hydrogens (primary N) is 1.